The molecule has 0 saturated heterocycles. The molecule has 2 heteroatoms. The van der Waals surface area contributed by atoms with Crippen molar-refractivity contribution >= 4 is 49.8 Å². The Kier molecular flexibility index (Phi) is 6.56. The molecule has 0 unspecified atom stereocenters. The summed E-state index contributed by atoms with van der Waals surface area (Å²) in [6, 6.07) is 63.5. The van der Waals surface area contributed by atoms with E-state index in [1.165, 1.54) is 49.7 Å². The Morgan fingerprint density at radius 3 is 1.84 bits per heavy atom. The number of fused-ring (bicyclic) bond motifs is 5. The summed E-state index contributed by atoms with van der Waals surface area (Å²) in [7, 11) is 0. The predicted molar refractivity (Wildman–Crippen MR) is 214 cm³/mol. The molecule has 1 aliphatic carbocycles. The average molecular weight is 654 g/mol. The van der Waals surface area contributed by atoms with Gasteiger partial charge in [0, 0.05) is 38.8 Å². The normalized spacial score (nSPS) is 13.1. The molecule has 0 amide bonds. The van der Waals surface area contributed by atoms with Crippen LogP contribution in [0, 0.1) is 0 Å². The van der Waals surface area contributed by atoms with Crippen LogP contribution in [0.3, 0.4) is 0 Å². The van der Waals surface area contributed by atoms with Gasteiger partial charge in [0.2, 0.25) is 0 Å². The second kappa shape index (κ2) is 11.3. The van der Waals surface area contributed by atoms with E-state index in [1.807, 2.05) is 6.07 Å². The van der Waals surface area contributed by atoms with Gasteiger partial charge in [0.15, 0.2) is 0 Å². The van der Waals surface area contributed by atoms with Gasteiger partial charge in [-0.05, 0) is 98.2 Å². The van der Waals surface area contributed by atoms with Crippen molar-refractivity contribution in [2.24, 2.45) is 0 Å². The van der Waals surface area contributed by atoms with Crippen LogP contribution in [0.5, 0.6) is 0 Å². The van der Waals surface area contributed by atoms with Crippen molar-refractivity contribution < 1.29 is 4.42 Å². The van der Waals surface area contributed by atoms with E-state index in [1.54, 1.807) is 0 Å². The van der Waals surface area contributed by atoms with Crippen LogP contribution < -0.4 is 4.90 Å². The standard InChI is InChI=1S/C49H35NO/c1-49(2)43-21-11-13-33-25-29-38(32-23-27-37(28-24-32)50(35-14-5-3-6-15-35)36-16-7-4-8-17-36)47(46(33)43)42-30-26-34(31-44(42)49)39-19-12-20-41-40-18-9-10-22-45(40)51-48(39)41/h3-31H,1-2H3. The van der Waals surface area contributed by atoms with Crippen molar-refractivity contribution in [2.45, 2.75) is 19.3 Å². The summed E-state index contributed by atoms with van der Waals surface area (Å²) in [5.74, 6) is 0. The summed E-state index contributed by atoms with van der Waals surface area (Å²) >= 11 is 0. The zero-order valence-corrected chi connectivity index (χ0v) is 28.6. The van der Waals surface area contributed by atoms with Gasteiger partial charge in [0.1, 0.15) is 11.2 Å². The quantitative estimate of drug-likeness (QED) is 0.184. The lowest BCUT2D eigenvalue weighted by Gasteiger charge is -2.36. The second-order valence-electron chi connectivity index (χ2n) is 14.1. The molecule has 0 fully saturated rings. The Morgan fingerprint density at radius 1 is 0.451 bits per heavy atom. The minimum absolute atomic E-state index is 0.200. The summed E-state index contributed by atoms with van der Waals surface area (Å²) in [5, 5.41) is 4.93. The third kappa shape index (κ3) is 4.57. The molecule has 0 aliphatic heterocycles. The van der Waals surface area contributed by atoms with Crippen molar-refractivity contribution in [1.29, 1.82) is 0 Å². The number of furan rings is 1. The van der Waals surface area contributed by atoms with E-state index in [4.69, 9.17) is 4.42 Å². The summed E-state index contributed by atoms with van der Waals surface area (Å²) in [5.41, 5.74) is 15.1. The maximum absolute atomic E-state index is 6.49. The van der Waals surface area contributed by atoms with E-state index in [0.29, 0.717) is 0 Å². The second-order valence-corrected chi connectivity index (χ2v) is 14.1. The Hall–Kier alpha value is -6.38. The average Bonchev–Trinajstić information content (AvgIpc) is 3.57. The SMILES string of the molecule is CC1(C)c2cc(-c3cccc4c3oc3ccccc34)ccc2-c2c(-c3ccc(N(c4ccccc4)c4ccccc4)cc3)ccc3cccc1c23. The molecule has 0 bridgehead atoms. The highest BCUT2D eigenvalue weighted by atomic mass is 16.3. The fourth-order valence-electron chi connectivity index (χ4n) is 8.38. The molecule has 0 atom stereocenters. The number of hydrogen-bond donors (Lipinski definition) is 0. The topological polar surface area (TPSA) is 16.4 Å². The van der Waals surface area contributed by atoms with Crippen LogP contribution in [0.1, 0.15) is 25.0 Å². The van der Waals surface area contributed by atoms with Crippen LogP contribution in [-0.4, -0.2) is 0 Å². The molecular weight excluding hydrogens is 619 g/mol. The molecule has 2 nitrogen and oxygen atoms in total. The van der Waals surface area contributed by atoms with Crippen LogP contribution in [-0.2, 0) is 5.41 Å². The van der Waals surface area contributed by atoms with Crippen LogP contribution in [0.2, 0.25) is 0 Å². The summed E-state index contributed by atoms with van der Waals surface area (Å²) in [6.45, 7) is 4.75. The molecule has 0 radical (unpaired) electrons. The maximum atomic E-state index is 6.49. The highest BCUT2D eigenvalue weighted by Gasteiger charge is 2.35. The molecule has 51 heavy (non-hydrogen) atoms. The number of anilines is 3. The smallest absolute Gasteiger partial charge is 0.143 e. The van der Waals surface area contributed by atoms with Crippen LogP contribution >= 0.6 is 0 Å². The Morgan fingerprint density at radius 2 is 1.08 bits per heavy atom. The van der Waals surface area contributed by atoms with E-state index in [-0.39, 0.29) is 5.41 Å². The number of nitrogens with zero attached hydrogens (tertiary/aromatic N) is 1. The first-order chi connectivity index (χ1) is 25.1. The minimum atomic E-state index is -0.200. The Labute approximate surface area is 297 Å². The minimum Gasteiger partial charge on any atom is -0.455 e. The lowest BCUT2D eigenvalue weighted by atomic mass is 9.67. The van der Waals surface area contributed by atoms with Gasteiger partial charge in [-0.1, -0.05) is 141 Å². The zero-order valence-electron chi connectivity index (χ0n) is 28.6. The van der Waals surface area contributed by atoms with E-state index in [9.17, 15) is 0 Å². The lowest BCUT2D eigenvalue weighted by Crippen LogP contribution is -2.24. The molecule has 10 rings (SSSR count). The van der Waals surface area contributed by atoms with Crippen LogP contribution in [0.15, 0.2) is 180 Å². The van der Waals surface area contributed by atoms with Crippen molar-refractivity contribution in [3.05, 3.63) is 187 Å². The number of hydrogen-bond acceptors (Lipinski definition) is 2. The third-order valence-corrected chi connectivity index (χ3v) is 10.9. The molecular formula is C49H35NO. The van der Waals surface area contributed by atoms with Gasteiger partial charge in [-0.3, -0.25) is 0 Å². The van der Waals surface area contributed by atoms with Gasteiger partial charge in [-0.15, -0.1) is 0 Å². The molecule has 0 saturated carbocycles. The highest BCUT2D eigenvalue weighted by molar-refractivity contribution is 6.11. The monoisotopic (exact) mass is 653 g/mol. The number of rotatable bonds is 5. The van der Waals surface area contributed by atoms with E-state index < -0.39 is 0 Å². The maximum Gasteiger partial charge on any atom is 0.143 e. The summed E-state index contributed by atoms with van der Waals surface area (Å²) in [4.78, 5) is 2.31. The van der Waals surface area contributed by atoms with Gasteiger partial charge in [0.05, 0.1) is 0 Å². The molecule has 9 aromatic rings. The molecule has 1 heterocycles. The molecule has 0 spiro atoms. The number of benzene rings is 8. The largest absolute Gasteiger partial charge is 0.455 e. The van der Waals surface area contributed by atoms with E-state index in [2.05, 4.69) is 189 Å². The first-order valence-corrected chi connectivity index (χ1v) is 17.7. The van der Waals surface area contributed by atoms with Gasteiger partial charge in [-0.2, -0.15) is 0 Å². The Bertz CT molecular complexity index is 2720. The van der Waals surface area contributed by atoms with Crippen LogP contribution in [0.25, 0.3) is 66.1 Å². The predicted octanol–water partition coefficient (Wildman–Crippen LogP) is 13.8. The van der Waals surface area contributed by atoms with Crippen molar-refractivity contribution in [1.82, 2.24) is 0 Å². The molecule has 242 valence electrons. The summed E-state index contributed by atoms with van der Waals surface area (Å²) < 4.78 is 6.49. The van der Waals surface area contributed by atoms with Crippen LogP contribution in [0.4, 0.5) is 17.1 Å². The van der Waals surface area contributed by atoms with E-state index >= 15 is 0 Å². The van der Waals surface area contributed by atoms with Gasteiger partial charge in [0.25, 0.3) is 0 Å². The first-order valence-electron chi connectivity index (χ1n) is 17.7. The van der Waals surface area contributed by atoms with Crippen molar-refractivity contribution in [3.63, 3.8) is 0 Å². The summed E-state index contributed by atoms with van der Waals surface area (Å²) in [6.07, 6.45) is 0. The molecule has 1 aromatic heterocycles. The third-order valence-electron chi connectivity index (χ3n) is 10.9. The Balaban J connectivity index is 1.14. The van der Waals surface area contributed by atoms with Crippen molar-refractivity contribution in [2.75, 3.05) is 4.90 Å². The van der Waals surface area contributed by atoms with Gasteiger partial charge in [-0.25, -0.2) is 0 Å². The molecule has 0 N–H and O–H groups in total. The highest BCUT2D eigenvalue weighted by Crippen LogP contribution is 2.53. The molecule has 1 aliphatic rings. The zero-order chi connectivity index (χ0) is 34.1. The molecule has 8 aromatic carbocycles. The number of para-hydroxylation sites is 4. The van der Waals surface area contributed by atoms with Gasteiger partial charge < -0.3 is 9.32 Å². The first kappa shape index (κ1) is 29.5. The van der Waals surface area contributed by atoms with E-state index in [0.717, 1.165) is 44.6 Å². The fraction of sp³-hybridized carbons (Fsp3) is 0.0612. The fourth-order valence-corrected chi connectivity index (χ4v) is 8.38. The lowest BCUT2D eigenvalue weighted by molar-refractivity contribution is 0.645. The van der Waals surface area contributed by atoms with Crippen molar-refractivity contribution in [3.8, 4) is 33.4 Å². The van der Waals surface area contributed by atoms with Gasteiger partial charge >= 0.3 is 0 Å².